The number of hydrogen-bond acceptors (Lipinski definition) is 4. The fraction of sp³-hybridized carbons (Fsp3) is 0.438. The third-order valence-electron chi connectivity index (χ3n) is 4.38. The van der Waals surface area contributed by atoms with Crippen molar-refractivity contribution >= 4 is 16.7 Å². The van der Waals surface area contributed by atoms with Crippen LogP contribution in [0.2, 0.25) is 0 Å². The molecule has 1 aromatic carbocycles. The van der Waals surface area contributed by atoms with E-state index >= 15 is 0 Å². The summed E-state index contributed by atoms with van der Waals surface area (Å²) in [5, 5.41) is 6.02. The summed E-state index contributed by atoms with van der Waals surface area (Å²) in [4.78, 5) is 25.9. The van der Waals surface area contributed by atoms with E-state index in [4.69, 9.17) is 5.73 Å². The number of aryl methyl sites for hydroxylation is 1. The molecule has 0 saturated carbocycles. The van der Waals surface area contributed by atoms with Crippen molar-refractivity contribution in [3.8, 4) is 0 Å². The quantitative estimate of drug-likeness (QED) is 0.911. The molecule has 1 aromatic heterocycles. The van der Waals surface area contributed by atoms with Crippen LogP contribution in [0.3, 0.4) is 0 Å². The summed E-state index contributed by atoms with van der Waals surface area (Å²) in [7, 11) is 0. The minimum atomic E-state index is -0.225. The Kier molecular flexibility index (Phi) is 3.94. The minimum Gasteiger partial charge on any atom is -0.369 e. The Hall–Kier alpha value is -2.21. The second-order valence-electron chi connectivity index (χ2n) is 5.87. The molecular weight excluding hydrogens is 280 g/mol. The summed E-state index contributed by atoms with van der Waals surface area (Å²) in [5.74, 6) is -0.268. The maximum atomic E-state index is 12.5. The van der Waals surface area contributed by atoms with Gasteiger partial charge in [0, 0.05) is 24.4 Å². The van der Waals surface area contributed by atoms with E-state index in [2.05, 4.69) is 10.00 Å². The Morgan fingerprint density at radius 3 is 2.55 bits per heavy atom. The lowest BCUT2D eigenvalue weighted by molar-refractivity contribution is -0.123. The van der Waals surface area contributed by atoms with Crippen LogP contribution < -0.4 is 11.3 Å². The first-order chi connectivity index (χ1) is 10.6. The highest BCUT2D eigenvalue weighted by atomic mass is 16.1. The number of carbonyl (C=O) groups is 1. The molecule has 1 saturated heterocycles. The summed E-state index contributed by atoms with van der Waals surface area (Å²) < 4.78 is 1.52. The van der Waals surface area contributed by atoms with Gasteiger partial charge < -0.3 is 5.73 Å². The van der Waals surface area contributed by atoms with Gasteiger partial charge in [-0.05, 0) is 25.8 Å². The Balaban J connectivity index is 1.82. The number of hydrogen-bond donors (Lipinski definition) is 1. The van der Waals surface area contributed by atoms with Crippen molar-refractivity contribution in [1.82, 2.24) is 14.7 Å². The molecule has 2 aromatic rings. The first kappa shape index (κ1) is 14.7. The van der Waals surface area contributed by atoms with Crippen molar-refractivity contribution in [3.63, 3.8) is 0 Å². The summed E-state index contributed by atoms with van der Waals surface area (Å²) >= 11 is 0. The lowest BCUT2D eigenvalue weighted by Crippen LogP contribution is -2.41. The van der Waals surface area contributed by atoms with Crippen molar-refractivity contribution < 1.29 is 4.79 Å². The molecule has 116 valence electrons. The first-order valence-electron chi connectivity index (χ1n) is 7.54. The molecule has 3 rings (SSSR count). The molecule has 0 aliphatic carbocycles. The minimum absolute atomic E-state index is 0.0423. The van der Waals surface area contributed by atoms with Crippen LogP contribution in [0.15, 0.2) is 29.1 Å². The van der Waals surface area contributed by atoms with E-state index in [9.17, 15) is 9.59 Å². The maximum absolute atomic E-state index is 12.5. The molecule has 0 radical (unpaired) electrons. The van der Waals surface area contributed by atoms with Crippen molar-refractivity contribution in [1.29, 1.82) is 0 Å². The SMILES string of the molecule is Cc1nn(CN2CCC(C(N)=O)CC2)c(=O)c2ccccc12. The molecule has 6 nitrogen and oxygen atoms in total. The van der Waals surface area contributed by atoms with Crippen LogP contribution in [0, 0.1) is 12.8 Å². The number of rotatable bonds is 3. The highest BCUT2D eigenvalue weighted by Crippen LogP contribution is 2.17. The third kappa shape index (κ3) is 2.74. The number of fused-ring (bicyclic) bond motifs is 1. The van der Waals surface area contributed by atoms with Gasteiger partial charge in [-0.2, -0.15) is 5.10 Å². The van der Waals surface area contributed by atoms with E-state index in [1.807, 2.05) is 31.2 Å². The number of amides is 1. The van der Waals surface area contributed by atoms with Gasteiger partial charge in [-0.25, -0.2) is 4.68 Å². The molecular formula is C16H20N4O2. The highest BCUT2D eigenvalue weighted by Gasteiger charge is 2.23. The van der Waals surface area contributed by atoms with E-state index in [1.165, 1.54) is 4.68 Å². The summed E-state index contributed by atoms with van der Waals surface area (Å²) in [6, 6.07) is 7.53. The van der Waals surface area contributed by atoms with Crippen LogP contribution in [-0.4, -0.2) is 33.7 Å². The van der Waals surface area contributed by atoms with Gasteiger partial charge in [0.2, 0.25) is 5.91 Å². The van der Waals surface area contributed by atoms with Gasteiger partial charge in [0.25, 0.3) is 5.56 Å². The Labute approximate surface area is 128 Å². The topological polar surface area (TPSA) is 81.2 Å². The first-order valence-corrected chi connectivity index (χ1v) is 7.54. The number of aromatic nitrogens is 2. The summed E-state index contributed by atoms with van der Waals surface area (Å²) in [5.41, 5.74) is 6.12. The molecule has 0 atom stereocenters. The number of carbonyl (C=O) groups excluding carboxylic acids is 1. The Morgan fingerprint density at radius 2 is 1.91 bits per heavy atom. The Bertz CT molecular complexity index is 760. The molecule has 1 amide bonds. The number of nitrogens with zero attached hydrogens (tertiary/aromatic N) is 3. The van der Waals surface area contributed by atoms with Crippen LogP contribution in [-0.2, 0) is 11.5 Å². The van der Waals surface area contributed by atoms with Crippen molar-refractivity contribution in [2.24, 2.45) is 11.7 Å². The molecule has 22 heavy (non-hydrogen) atoms. The second kappa shape index (κ2) is 5.88. The maximum Gasteiger partial charge on any atom is 0.275 e. The number of benzene rings is 1. The number of piperidine rings is 1. The molecule has 0 spiro atoms. The lowest BCUT2D eigenvalue weighted by atomic mass is 9.97. The lowest BCUT2D eigenvalue weighted by Gasteiger charge is -2.30. The van der Waals surface area contributed by atoms with E-state index in [0.29, 0.717) is 12.1 Å². The van der Waals surface area contributed by atoms with E-state index < -0.39 is 0 Å². The normalized spacial score (nSPS) is 17.0. The van der Waals surface area contributed by atoms with Crippen molar-refractivity contribution in [3.05, 3.63) is 40.3 Å². The van der Waals surface area contributed by atoms with Gasteiger partial charge in [-0.15, -0.1) is 0 Å². The van der Waals surface area contributed by atoms with E-state index in [0.717, 1.165) is 37.0 Å². The molecule has 2 heterocycles. The highest BCUT2D eigenvalue weighted by molar-refractivity contribution is 5.83. The average Bonchev–Trinajstić information content (AvgIpc) is 2.53. The van der Waals surface area contributed by atoms with Crippen LogP contribution in [0.25, 0.3) is 10.8 Å². The average molecular weight is 300 g/mol. The van der Waals surface area contributed by atoms with Gasteiger partial charge in [-0.3, -0.25) is 14.5 Å². The molecule has 1 aliphatic heterocycles. The van der Waals surface area contributed by atoms with Gasteiger partial charge in [-0.1, -0.05) is 18.2 Å². The summed E-state index contributed by atoms with van der Waals surface area (Å²) in [6.45, 7) is 3.88. The molecule has 6 heteroatoms. The van der Waals surface area contributed by atoms with E-state index in [-0.39, 0.29) is 17.4 Å². The second-order valence-corrected chi connectivity index (χ2v) is 5.87. The van der Waals surface area contributed by atoms with Crippen molar-refractivity contribution in [2.75, 3.05) is 13.1 Å². The largest absolute Gasteiger partial charge is 0.369 e. The summed E-state index contributed by atoms with van der Waals surface area (Å²) in [6.07, 6.45) is 1.49. The standard InChI is InChI=1S/C16H20N4O2/c1-11-13-4-2-3-5-14(13)16(22)20(18-11)10-19-8-6-12(7-9-19)15(17)21/h2-5,12H,6-10H2,1H3,(H2,17,21). The monoisotopic (exact) mass is 300 g/mol. The predicted octanol–water partition coefficient (Wildman–Crippen LogP) is 0.860. The fourth-order valence-electron chi connectivity index (χ4n) is 3.05. The molecule has 0 bridgehead atoms. The van der Waals surface area contributed by atoms with Crippen LogP contribution >= 0.6 is 0 Å². The molecule has 1 fully saturated rings. The van der Waals surface area contributed by atoms with Gasteiger partial charge >= 0.3 is 0 Å². The van der Waals surface area contributed by atoms with Gasteiger partial charge in [0.1, 0.15) is 0 Å². The fourth-order valence-corrected chi connectivity index (χ4v) is 3.05. The zero-order chi connectivity index (χ0) is 15.7. The van der Waals surface area contributed by atoms with Crippen LogP contribution in [0.1, 0.15) is 18.5 Å². The van der Waals surface area contributed by atoms with E-state index in [1.54, 1.807) is 0 Å². The zero-order valence-electron chi connectivity index (χ0n) is 12.7. The van der Waals surface area contributed by atoms with Gasteiger partial charge in [0.15, 0.2) is 0 Å². The molecule has 0 unspecified atom stereocenters. The van der Waals surface area contributed by atoms with Gasteiger partial charge in [0.05, 0.1) is 17.7 Å². The smallest absolute Gasteiger partial charge is 0.275 e. The van der Waals surface area contributed by atoms with Crippen molar-refractivity contribution in [2.45, 2.75) is 26.4 Å². The predicted molar refractivity (Wildman–Crippen MR) is 84.2 cm³/mol. The number of nitrogens with two attached hydrogens (primary N) is 1. The van der Waals surface area contributed by atoms with Crippen LogP contribution in [0.5, 0.6) is 0 Å². The number of primary amides is 1. The Morgan fingerprint density at radius 1 is 1.27 bits per heavy atom. The third-order valence-corrected chi connectivity index (χ3v) is 4.38. The molecule has 1 aliphatic rings. The number of likely N-dealkylation sites (tertiary alicyclic amines) is 1. The molecule has 2 N–H and O–H groups in total. The zero-order valence-corrected chi connectivity index (χ0v) is 12.7. The van der Waals surface area contributed by atoms with Crippen LogP contribution in [0.4, 0.5) is 0 Å².